The molecule has 0 radical (unpaired) electrons. The van der Waals surface area contributed by atoms with Gasteiger partial charge >= 0.3 is 0 Å². The first-order valence-electron chi connectivity index (χ1n) is 5.68. The van der Waals surface area contributed by atoms with Gasteiger partial charge in [0.25, 0.3) is 0 Å². The van der Waals surface area contributed by atoms with E-state index in [1.54, 1.807) is 6.26 Å². The van der Waals surface area contributed by atoms with E-state index in [1.807, 2.05) is 6.07 Å². The lowest BCUT2D eigenvalue weighted by molar-refractivity contribution is 0.549. The molecular formula is C13H21NOS. The Bertz CT molecular complexity index is 326. The fraction of sp³-hybridized carbons (Fsp3) is 0.538. The lowest BCUT2D eigenvalue weighted by Crippen LogP contribution is -2.33. The Morgan fingerprint density at radius 1 is 1.25 bits per heavy atom. The summed E-state index contributed by atoms with van der Waals surface area (Å²) in [5.74, 6) is 1.22. The molecule has 0 aliphatic rings. The van der Waals surface area contributed by atoms with Crippen molar-refractivity contribution in [3.63, 3.8) is 0 Å². The second-order valence-corrected chi connectivity index (χ2v) is 5.84. The van der Waals surface area contributed by atoms with Crippen LogP contribution in [0.5, 0.6) is 0 Å². The van der Waals surface area contributed by atoms with Crippen molar-refractivity contribution >= 4 is 10.8 Å². The van der Waals surface area contributed by atoms with Crippen molar-refractivity contribution in [1.29, 1.82) is 0 Å². The molecule has 0 saturated heterocycles. The van der Waals surface area contributed by atoms with Crippen LogP contribution in [0.15, 0.2) is 30.3 Å². The Hall–Kier alpha value is -0.670. The second kappa shape index (κ2) is 6.81. The molecule has 90 valence electrons. The molecule has 0 spiro atoms. The molecule has 1 rings (SSSR count). The molecule has 1 N–H and O–H groups in total. The van der Waals surface area contributed by atoms with Crippen molar-refractivity contribution in [2.75, 3.05) is 18.6 Å². The number of hydrogen-bond donors (Lipinski definition) is 1. The maximum absolute atomic E-state index is 11.0. The number of rotatable bonds is 6. The van der Waals surface area contributed by atoms with Crippen LogP contribution >= 0.6 is 0 Å². The van der Waals surface area contributed by atoms with Gasteiger partial charge in [-0.25, -0.2) is 0 Å². The van der Waals surface area contributed by atoms with E-state index in [0.717, 1.165) is 12.3 Å². The first kappa shape index (κ1) is 13.4. The quantitative estimate of drug-likeness (QED) is 0.824. The van der Waals surface area contributed by atoms with Crippen LogP contribution < -0.4 is 5.32 Å². The SMILES string of the molecule is C[C@H](C[S@](C)=O)NC[C@@H](C)c1ccccc1. The monoisotopic (exact) mass is 239 g/mol. The zero-order valence-electron chi connectivity index (χ0n) is 10.3. The molecule has 1 aromatic rings. The van der Waals surface area contributed by atoms with Gasteiger partial charge in [0.05, 0.1) is 0 Å². The Morgan fingerprint density at radius 3 is 2.44 bits per heavy atom. The maximum atomic E-state index is 11.0. The first-order chi connectivity index (χ1) is 7.59. The lowest BCUT2D eigenvalue weighted by Gasteiger charge is -2.17. The van der Waals surface area contributed by atoms with Crippen molar-refractivity contribution in [1.82, 2.24) is 5.32 Å². The van der Waals surface area contributed by atoms with E-state index >= 15 is 0 Å². The lowest BCUT2D eigenvalue weighted by atomic mass is 10.0. The normalized spacial score (nSPS) is 16.7. The molecule has 0 fully saturated rings. The largest absolute Gasteiger partial charge is 0.313 e. The minimum Gasteiger partial charge on any atom is -0.313 e. The van der Waals surface area contributed by atoms with E-state index in [1.165, 1.54) is 5.56 Å². The molecule has 0 bridgehead atoms. The van der Waals surface area contributed by atoms with Gasteiger partial charge in [0.1, 0.15) is 0 Å². The van der Waals surface area contributed by atoms with Gasteiger partial charge in [0.2, 0.25) is 0 Å². The molecule has 0 unspecified atom stereocenters. The highest BCUT2D eigenvalue weighted by Gasteiger charge is 2.08. The van der Waals surface area contributed by atoms with Gasteiger partial charge in [-0.05, 0) is 18.4 Å². The van der Waals surface area contributed by atoms with Gasteiger partial charge in [-0.3, -0.25) is 4.21 Å². The third-order valence-electron chi connectivity index (χ3n) is 2.63. The Labute approximate surface area is 101 Å². The molecular weight excluding hydrogens is 218 g/mol. The van der Waals surface area contributed by atoms with Crippen LogP contribution in [0.2, 0.25) is 0 Å². The molecule has 3 atom stereocenters. The molecule has 0 aromatic heterocycles. The van der Waals surface area contributed by atoms with E-state index in [4.69, 9.17) is 0 Å². The Kier molecular flexibility index (Phi) is 5.71. The molecule has 3 heteroatoms. The summed E-state index contributed by atoms with van der Waals surface area (Å²) in [6.45, 7) is 5.22. The predicted molar refractivity (Wildman–Crippen MR) is 71.3 cm³/mol. The smallest absolute Gasteiger partial charge is 0.0383 e. The van der Waals surface area contributed by atoms with Crippen LogP contribution in [0.25, 0.3) is 0 Å². The molecule has 0 aliphatic heterocycles. The third-order valence-corrected chi connectivity index (χ3v) is 3.60. The summed E-state index contributed by atoms with van der Waals surface area (Å²) < 4.78 is 11.0. The average molecular weight is 239 g/mol. The number of nitrogens with one attached hydrogen (secondary N) is 1. The molecule has 16 heavy (non-hydrogen) atoms. The highest BCUT2D eigenvalue weighted by atomic mass is 32.2. The zero-order valence-corrected chi connectivity index (χ0v) is 11.1. The standard InChI is InChI=1S/C13H21NOS/c1-11(13-7-5-4-6-8-13)9-14-12(2)10-16(3)15/h4-8,11-12,14H,9-10H2,1-3H3/t11-,12-,16+/m1/s1. The summed E-state index contributed by atoms with van der Waals surface area (Å²) >= 11 is 0. The van der Waals surface area contributed by atoms with E-state index in [-0.39, 0.29) is 0 Å². The van der Waals surface area contributed by atoms with E-state index in [2.05, 4.69) is 43.4 Å². The third kappa shape index (κ3) is 4.90. The highest BCUT2D eigenvalue weighted by Crippen LogP contribution is 2.13. The van der Waals surface area contributed by atoms with Crippen LogP contribution in [-0.4, -0.2) is 28.8 Å². The summed E-state index contributed by atoms with van der Waals surface area (Å²) in [7, 11) is -0.717. The van der Waals surface area contributed by atoms with Crippen molar-refractivity contribution in [3.05, 3.63) is 35.9 Å². The second-order valence-electron chi connectivity index (χ2n) is 4.36. The molecule has 0 aliphatic carbocycles. The number of benzene rings is 1. The van der Waals surface area contributed by atoms with E-state index in [9.17, 15) is 4.21 Å². The molecule has 0 saturated carbocycles. The highest BCUT2D eigenvalue weighted by molar-refractivity contribution is 7.84. The van der Waals surface area contributed by atoms with Crippen LogP contribution in [0.1, 0.15) is 25.3 Å². The van der Waals surface area contributed by atoms with Crippen molar-refractivity contribution in [3.8, 4) is 0 Å². The van der Waals surface area contributed by atoms with Crippen LogP contribution in [0.4, 0.5) is 0 Å². The predicted octanol–water partition coefficient (Wildman–Crippen LogP) is 2.15. The fourth-order valence-electron chi connectivity index (χ4n) is 1.69. The van der Waals surface area contributed by atoms with Crippen molar-refractivity contribution in [2.45, 2.75) is 25.8 Å². The molecule has 2 nitrogen and oxygen atoms in total. The molecule has 1 aromatic carbocycles. The van der Waals surface area contributed by atoms with Crippen LogP contribution in [-0.2, 0) is 10.8 Å². The van der Waals surface area contributed by atoms with Gasteiger partial charge < -0.3 is 5.32 Å². The van der Waals surface area contributed by atoms with E-state index < -0.39 is 10.8 Å². The summed E-state index contributed by atoms with van der Waals surface area (Å²) in [6.07, 6.45) is 1.75. The summed E-state index contributed by atoms with van der Waals surface area (Å²) in [5.41, 5.74) is 1.35. The van der Waals surface area contributed by atoms with Crippen molar-refractivity contribution in [2.24, 2.45) is 0 Å². The summed E-state index contributed by atoms with van der Waals surface area (Å²) in [6, 6.07) is 10.8. The van der Waals surface area contributed by atoms with Gasteiger partial charge in [-0.15, -0.1) is 0 Å². The Balaban J connectivity index is 2.35. The topological polar surface area (TPSA) is 29.1 Å². The molecule has 0 amide bonds. The van der Waals surface area contributed by atoms with Gasteiger partial charge in [0, 0.05) is 35.4 Å². The van der Waals surface area contributed by atoms with Crippen LogP contribution in [0.3, 0.4) is 0 Å². The average Bonchev–Trinajstić information content (AvgIpc) is 2.26. The van der Waals surface area contributed by atoms with Crippen molar-refractivity contribution < 1.29 is 4.21 Å². The minimum atomic E-state index is -0.717. The Morgan fingerprint density at radius 2 is 1.88 bits per heavy atom. The first-order valence-corrected chi connectivity index (χ1v) is 7.40. The fourth-order valence-corrected chi connectivity index (χ4v) is 2.51. The maximum Gasteiger partial charge on any atom is 0.0383 e. The van der Waals surface area contributed by atoms with Gasteiger partial charge in [-0.1, -0.05) is 37.3 Å². The van der Waals surface area contributed by atoms with Gasteiger partial charge in [-0.2, -0.15) is 0 Å². The summed E-state index contributed by atoms with van der Waals surface area (Å²) in [4.78, 5) is 0. The zero-order chi connectivity index (χ0) is 12.0. The number of hydrogen-bond acceptors (Lipinski definition) is 2. The minimum absolute atomic E-state index is 0.317. The molecule has 0 heterocycles. The summed E-state index contributed by atoms with van der Waals surface area (Å²) in [5, 5.41) is 3.42. The van der Waals surface area contributed by atoms with E-state index in [0.29, 0.717) is 12.0 Å². The van der Waals surface area contributed by atoms with Gasteiger partial charge in [0.15, 0.2) is 0 Å². The van der Waals surface area contributed by atoms with Crippen LogP contribution in [0, 0.1) is 0 Å².